The summed E-state index contributed by atoms with van der Waals surface area (Å²) >= 11 is 1.68. The van der Waals surface area contributed by atoms with Crippen molar-refractivity contribution in [3.05, 3.63) is 39.8 Å². The summed E-state index contributed by atoms with van der Waals surface area (Å²) in [5.41, 5.74) is 1.39. The first-order valence-corrected chi connectivity index (χ1v) is 9.55. The average Bonchev–Trinajstić information content (AvgIpc) is 3.07. The number of anilines is 1. The van der Waals surface area contributed by atoms with E-state index < -0.39 is 0 Å². The largest absolute Gasteiger partial charge is 0.347 e. The van der Waals surface area contributed by atoms with E-state index in [1.807, 2.05) is 6.07 Å². The average molecular weight is 342 g/mol. The summed E-state index contributed by atoms with van der Waals surface area (Å²) in [6.45, 7) is 1.73. The Bertz CT molecular complexity index is 692. The fraction of sp³-hybridized carbons (Fsp3) is 0.500. The second-order valence-electron chi connectivity index (χ2n) is 6.57. The van der Waals surface area contributed by atoms with Gasteiger partial charge in [-0.3, -0.25) is 4.79 Å². The maximum absolute atomic E-state index is 12.6. The summed E-state index contributed by atoms with van der Waals surface area (Å²) in [7, 11) is 0. The van der Waals surface area contributed by atoms with Gasteiger partial charge in [0.25, 0.3) is 5.91 Å². The van der Waals surface area contributed by atoms with E-state index in [1.165, 1.54) is 23.3 Å². The Kier molecular flexibility index (Phi) is 4.47. The van der Waals surface area contributed by atoms with Crippen LogP contribution in [0.25, 0.3) is 0 Å². The van der Waals surface area contributed by atoms with Crippen molar-refractivity contribution in [1.29, 1.82) is 0 Å². The third-order valence-electron chi connectivity index (χ3n) is 4.81. The van der Waals surface area contributed by atoms with E-state index in [9.17, 15) is 4.79 Å². The van der Waals surface area contributed by atoms with Gasteiger partial charge in [-0.05, 0) is 56.2 Å². The molecule has 0 unspecified atom stereocenters. The highest BCUT2D eigenvalue weighted by atomic mass is 32.1. The zero-order chi connectivity index (χ0) is 16.4. The number of carbonyl (C=O) groups excluding carboxylic acids is 1. The Morgan fingerprint density at radius 1 is 1.21 bits per heavy atom. The fourth-order valence-electron chi connectivity index (χ4n) is 3.59. The molecule has 6 heteroatoms. The number of amides is 1. The lowest BCUT2D eigenvalue weighted by molar-refractivity contribution is 0.0937. The number of thiophene rings is 1. The quantitative estimate of drug-likeness (QED) is 0.932. The van der Waals surface area contributed by atoms with Crippen molar-refractivity contribution in [2.75, 3.05) is 18.0 Å². The second kappa shape index (κ2) is 6.89. The molecular weight excluding hydrogens is 320 g/mol. The number of aryl methyl sites for hydroxylation is 2. The zero-order valence-electron chi connectivity index (χ0n) is 13.7. The van der Waals surface area contributed by atoms with Gasteiger partial charge in [-0.15, -0.1) is 11.3 Å². The van der Waals surface area contributed by atoms with E-state index in [1.54, 1.807) is 23.7 Å². The van der Waals surface area contributed by atoms with Crippen molar-refractivity contribution in [3.63, 3.8) is 0 Å². The van der Waals surface area contributed by atoms with Gasteiger partial charge < -0.3 is 10.2 Å². The van der Waals surface area contributed by atoms with Crippen LogP contribution in [-0.4, -0.2) is 35.0 Å². The molecule has 1 aliphatic heterocycles. The molecule has 1 amide bonds. The second-order valence-corrected chi connectivity index (χ2v) is 7.71. The first-order valence-electron chi connectivity index (χ1n) is 8.74. The predicted molar refractivity (Wildman–Crippen MR) is 95.7 cm³/mol. The molecule has 0 spiro atoms. The number of nitrogens with one attached hydrogen (secondary N) is 1. The molecule has 5 nitrogen and oxygen atoms in total. The third kappa shape index (κ3) is 3.29. The van der Waals surface area contributed by atoms with Gasteiger partial charge in [0.15, 0.2) is 0 Å². The molecule has 1 N–H and O–H groups in total. The molecule has 4 rings (SSSR count). The Labute approximate surface area is 146 Å². The van der Waals surface area contributed by atoms with Crippen molar-refractivity contribution in [3.8, 4) is 0 Å². The maximum Gasteiger partial charge on any atom is 0.261 e. The van der Waals surface area contributed by atoms with E-state index in [-0.39, 0.29) is 11.9 Å². The van der Waals surface area contributed by atoms with Crippen LogP contribution in [0.3, 0.4) is 0 Å². The molecule has 0 bridgehead atoms. The van der Waals surface area contributed by atoms with E-state index in [2.05, 4.69) is 26.3 Å². The van der Waals surface area contributed by atoms with Crippen LogP contribution in [0, 0.1) is 0 Å². The van der Waals surface area contributed by atoms with Crippen LogP contribution in [0.4, 0.5) is 5.95 Å². The van der Waals surface area contributed by atoms with Gasteiger partial charge in [-0.2, -0.15) is 0 Å². The number of aromatic nitrogens is 2. The zero-order valence-corrected chi connectivity index (χ0v) is 14.5. The van der Waals surface area contributed by atoms with Gasteiger partial charge in [0, 0.05) is 36.4 Å². The summed E-state index contributed by atoms with van der Waals surface area (Å²) in [6, 6.07) is 4.09. The Balaban J connectivity index is 1.41. The van der Waals surface area contributed by atoms with Gasteiger partial charge in [0.05, 0.1) is 4.88 Å². The maximum atomic E-state index is 12.6. The highest BCUT2D eigenvalue weighted by Crippen LogP contribution is 2.29. The SMILES string of the molecule is O=C(N[C@H]1CCCN(c2ncccn2)C1)c1cc2c(s1)CCCC2. The molecule has 1 saturated heterocycles. The highest BCUT2D eigenvalue weighted by molar-refractivity contribution is 7.14. The van der Waals surface area contributed by atoms with Gasteiger partial charge in [0.2, 0.25) is 5.95 Å². The number of carbonyl (C=O) groups is 1. The van der Waals surface area contributed by atoms with Gasteiger partial charge in [-0.1, -0.05) is 0 Å². The molecule has 1 aliphatic carbocycles. The normalized spacial score (nSPS) is 20.5. The molecule has 1 atom stereocenters. The third-order valence-corrected chi connectivity index (χ3v) is 6.05. The van der Waals surface area contributed by atoms with Crippen molar-refractivity contribution in [2.24, 2.45) is 0 Å². The van der Waals surface area contributed by atoms with E-state index in [0.717, 1.165) is 49.6 Å². The van der Waals surface area contributed by atoms with E-state index in [0.29, 0.717) is 0 Å². The molecule has 0 aromatic carbocycles. The first-order chi connectivity index (χ1) is 11.8. The van der Waals surface area contributed by atoms with Crippen molar-refractivity contribution < 1.29 is 4.79 Å². The van der Waals surface area contributed by atoms with Crippen LogP contribution in [-0.2, 0) is 12.8 Å². The number of rotatable bonds is 3. The lowest BCUT2D eigenvalue weighted by Crippen LogP contribution is -2.48. The molecule has 24 heavy (non-hydrogen) atoms. The monoisotopic (exact) mass is 342 g/mol. The van der Waals surface area contributed by atoms with Gasteiger partial charge in [-0.25, -0.2) is 9.97 Å². The van der Waals surface area contributed by atoms with Crippen LogP contribution < -0.4 is 10.2 Å². The lowest BCUT2D eigenvalue weighted by atomic mass is 9.99. The van der Waals surface area contributed by atoms with Crippen LogP contribution in [0.15, 0.2) is 24.5 Å². The number of piperidine rings is 1. The summed E-state index contributed by atoms with van der Waals surface area (Å²) in [4.78, 5) is 25.7. The topological polar surface area (TPSA) is 58.1 Å². The van der Waals surface area contributed by atoms with Crippen molar-refractivity contribution in [1.82, 2.24) is 15.3 Å². The standard InChI is InChI=1S/C18H22N4OS/c23-17(16-11-13-5-1-2-7-15(13)24-16)21-14-6-3-10-22(12-14)18-19-8-4-9-20-18/h4,8-9,11,14H,1-3,5-7,10,12H2,(H,21,23)/t14-/m0/s1. The van der Waals surface area contributed by atoms with Gasteiger partial charge in [0.1, 0.15) is 0 Å². The molecular formula is C18H22N4OS. The molecule has 2 aliphatic rings. The summed E-state index contributed by atoms with van der Waals surface area (Å²) in [5.74, 6) is 0.832. The number of hydrogen-bond acceptors (Lipinski definition) is 5. The number of fused-ring (bicyclic) bond motifs is 1. The van der Waals surface area contributed by atoms with Crippen molar-refractivity contribution >= 4 is 23.2 Å². The summed E-state index contributed by atoms with van der Waals surface area (Å²) in [6.07, 6.45) is 10.4. The molecule has 3 heterocycles. The van der Waals surface area contributed by atoms with E-state index >= 15 is 0 Å². The van der Waals surface area contributed by atoms with Crippen LogP contribution in [0.2, 0.25) is 0 Å². The minimum atomic E-state index is 0.0789. The number of hydrogen-bond donors (Lipinski definition) is 1. The van der Waals surface area contributed by atoms with E-state index in [4.69, 9.17) is 0 Å². The predicted octanol–water partition coefficient (Wildman–Crippen LogP) is 2.82. The molecule has 2 aromatic heterocycles. The Morgan fingerprint density at radius 2 is 2.04 bits per heavy atom. The number of nitrogens with zero attached hydrogens (tertiary/aromatic N) is 3. The molecule has 0 saturated carbocycles. The smallest absolute Gasteiger partial charge is 0.261 e. The minimum Gasteiger partial charge on any atom is -0.347 e. The first kappa shape index (κ1) is 15.6. The molecule has 1 fully saturated rings. The summed E-state index contributed by atoms with van der Waals surface area (Å²) in [5, 5.41) is 3.22. The summed E-state index contributed by atoms with van der Waals surface area (Å²) < 4.78 is 0. The van der Waals surface area contributed by atoms with Gasteiger partial charge >= 0.3 is 0 Å². The lowest BCUT2D eigenvalue weighted by Gasteiger charge is -2.32. The van der Waals surface area contributed by atoms with Crippen LogP contribution in [0.5, 0.6) is 0 Å². The van der Waals surface area contributed by atoms with Crippen molar-refractivity contribution in [2.45, 2.75) is 44.6 Å². The molecule has 0 radical (unpaired) electrons. The molecule has 126 valence electrons. The minimum absolute atomic E-state index is 0.0789. The van der Waals surface area contributed by atoms with Crippen LogP contribution >= 0.6 is 11.3 Å². The fourth-order valence-corrected chi connectivity index (χ4v) is 4.75. The molecule has 2 aromatic rings. The Morgan fingerprint density at radius 3 is 2.88 bits per heavy atom. The highest BCUT2D eigenvalue weighted by Gasteiger charge is 2.24. The Hall–Kier alpha value is -1.95. The van der Waals surface area contributed by atoms with Crippen LogP contribution in [0.1, 0.15) is 45.8 Å².